The van der Waals surface area contributed by atoms with Crippen molar-refractivity contribution in [3.63, 3.8) is 0 Å². The number of hydrogen-bond acceptors (Lipinski definition) is 3. The lowest BCUT2D eigenvalue weighted by molar-refractivity contribution is -0.135. The SMILES string of the molecule is CC1CC(NC(=O)C2OCCc3ccccc32)CCN1.Cl. The number of halogens is 1. The summed E-state index contributed by atoms with van der Waals surface area (Å²) in [5, 5.41) is 6.55. The van der Waals surface area contributed by atoms with Gasteiger partial charge in [-0.25, -0.2) is 0 Å². The van der Waals surface area contributed by atoms with Crippen LogP contribution in [0.25, 0.3) is 0 Å². The fraction of sp³-hybridized carbons (Fsp3) is 0.562. The average molecular weight is 311 g/mol. The number of amides is 1. The molecule has 116 valence electrons. The Bertz CT molecular complexity index is 495. The van der Waals surface area contributed by atoms with E-state index in [0.717, 1.165) is 31.4 Å². The van der Waals surface area contributed by atoms with Gasteiger partial charge in [0.25, 0.3) is 5.91 Å². The number of rotatable bonds is 2. The Morgan fingerprint density at radius 3 is 3.00 bits per heavy atom. The summed E-state index contributed by atoms with van der Waals surface area (Å²) in [6, 6.07) is 8.81. The third kappa shape index (κ3) is 3.76. The summed E-state index contributed by atoms with van der Waals surface area (Å²) < 4.78 is 5.71. The first-order valence-electron chi connectivity index (χ1n) is 7.47. The number of nitrogens with one attached hydrogen (secondary N) is 2. The van der Waals surface area contributed by atoms with Gasteiger partial charge < -0.3 is 15.4 Å². The molecule has 0 radical (unpaired) electrons. The first-order valence-corrected chi connectivity index (χ1v) is 7.47. The van der Waals surface area contributed by atoms with Crippen molar-refractivity contribution in [3.8, 4) is 0 Å². The van der Waals surface area contributed by atoms with E-state index in [4.69, 9.17) is 4.74 Å². The Labute approximate surface area is 132 Å². The molecule has 0 spiro atoms. The Hall–Kier alpha value is -1.10. The van der Waals surface area contributed by atoms with Gasteiger partial charge >= 0.3 is 0 Å². The lowest BCUT2D eigenvalue weighted by atomic mass is 9.96. The number of ether oxygens (including phenoxy) is 1. The average Bonchev–Trinajstić information content (AvgIpc) is 2.46. The van der Waals surface area contributed by atoms with Crippen LogP contribution in [-0.2, 0) is 16.0 Å². The van der Waals surface area contributed by atoms with E-state index in [-0.39, 0.29) is 24.4 Å². The molecule has 1 saturated heterocycles. The maximum Gasteiger partial charge on any atom is 0.253 e. The van der Waals surface area contributed by atoms with Gasteiger partial charge in [-0.1, -0.05) is 24.3 Å². The molecule has 0 aliphatic carbocycles. The van der Waals surface area contributed by atoms with E-state index in [1.165, 1.54) is 5.56 Å². The molecular weight excluding hydrogens is 288 g/mol. The van der Waals surface area contributed by atoms with Crippen molar-refractivity contribution in [2.45, 2.75) is 44.4 Å². The number of hydrogen-bond donors (Lipinski definition) is 2. The molecule has 1 aromatic carbocycles. The number of benzene rings is 1. The highest BCUT2D eigenvalue weighted by Gasteiger charge is 2.29. The quantitative estimate of drug-likeness (QED) is 0.878. The van der Waals surface area contributed by atoms with Crippen molar-refractivity contribution in [1.29, 1.82) is 0 Å². The smallest absolute Gasteiger partial charge is 0.253 e. The number of carbonyl (C=O) groups excluding carboxylic acids is 1. The molecule has 1 fully saturated rings. The molecule has 0 saturated carbocycles. The summed E-state index contributed by atoms with van der Waals surface area (Å²) in [5.41, 5.74) is 2.26. The molecule has 3 rings (SSSR count). The van der Waals surface area contributed by atoms with Crippen LogP contribution in [0.4, 0.5) is 0 Å². The number of piperidine rings is 1. The summed E-state index contributed by atoms with van der Waals surface area (Å²) in [7, 11) is 0. The van der Waals surface area contributed by atoms with Gasteiger partial charge in [0.15, 0.2) is 6.10 Å². The van der Waals surface area contributed by atoms with Crippen LogP contribution >= 0.6 is 12.4 Å². The molecule has 1 amide bonds. The highest BCUT2D eigenvalue weighted by atomic mass is 35.5. The summed E-state index contributed by atoms with van der Waals surface area (Å²) in [6.07, 6.45) is 2.43. The van der Waals surface area contributed by atoms with E-state index in [9.17, 15) is 4.79 Å². The van der Waals surface area contributed by atoms with Crippen molar-refractivity contribution in [2.75, 3.05) is 13.2 Å². The zero-order chi connectivity index (χ0) is 13.9. The van der Waals surface area contributed by atoms with Crippen molar-refractivity contribution in [2.24, 2.45) is 0 Å². The topological polar surface area (TPSA) is 50.4 Å². The van der Waals surface area contributed by atoms with E-state index in [0.29, 0.717) is 12.6 Å². The Balaban J connectivity index is 0.00000161. The second kappa shape index (κ2) is 7.25. The van der Waals surface area contributed by atoms with Gasteiger partial charge in [-0.15, -0.1) is 12.4 Å². The molecule has 2 aliphatic rings. The maximum atomic E-state index is 12.5. The van der Waals surface area contributed by atoms with Crippen molar-refractivity contribution in [3.05, 3.63) is 35.4 Å². The molecule has 4 nitrogen and oxygen atoms in total. The van der Waals surface area contributed by atoms with E-state index in [1.54, 1.807) is 0 Å². The van der Waals surface area contributed by atoms with E-state index < -0.39 is 6.10 Å². The summed E-state index contributed by atoms with van der Waals surface area (Å²) in [6.45, 7) is 3.75. The predicted octanol–water partition coefficient (Wildman–Crippen LogP) is 1.98. The Morgan fingerprint density at radius 1 is 1.38 bits per heavy atom. The molecule has 2 N–H and O–H groups in total. The molecule has 1 aromatic rings. The first-order chi connectivity index (χ1) is 9.74. The van der Waals surface area contributed by atoms with E-state index in [1.807, 2.05) is 18.2 Å². The lowest BCUT2D eigenvalue weighted by Gasteiger charge is -2.31. The first kappa shape index (κ1) is 16.3. The van der Waals surface area contributed by atoms with E-state index >= 15 is 0 Å². The molecule has 21 heavy (non-hydrogen) atoms. The molecule has 3 atom stereocenters. The van der Waals surface area contributed by atoms with Crippen LogP contribution in [0.5, 0.6) is 0 Å². The predicted molar refractivity (Wildman–Crippen MR) is 84.7 cm³/mol. The van der Waals surface area contributed by atoms with Gasteiger partial charge in [0.2, 0.25) is 0 Å². The molecule has 2 heterocycles. The zero-order valence-electron chi connectivity index (χ0n) is 12.3. The van der Waals surface area contributed by atoms with Gasteiger partial charge in [-0.2, -0.15) is 0 Å². The second-order valence-corrected chi connectivity index (χ2v) is 5.78. The van der Waals surface area contributed by atoms with Gasteiger partial charge in [-0.3, -0.25) is 4.79 Å². The minimum absolute atomic E-state index is 0. The van der Waals surface area contributed by atoms with Crippen LogP contribution in [0, 0.1) is 0 Å². The van der Waals surface area contributed by atoms with Crippen LogP contribution in [0.2, 0.25) is 0 Å². The van der Waals surface area contributed by atoms with Crippen molar-refractivity contribution in [1.82, 2.24) is 10.6 Å². The second-order valence-electron chi connectivity index (χ2n) is 5.78. The van der Waals surface area contributed by atoms with Gasteiger partial charge in [0.1, 0.15) is 0 Å². The largest absolute Gasteiger partial charge is 0.363 e. The van der Waals surface area contributed by atoms with Gasteiger partial charge in [-0.05, 0) is 43.9 Å². The Kier molecular flexibility index (Phi) is 5.62. The molecule has 0 bridgehead atoms. The van der Waals surface area contributed by atoms with Crippen LogP contribution in [0.3, 0.4) is 0 Å². The van der Waals surface area contributed by atoms with Crippen LogP contribution in [0.15, 0.2) is 24.3 Å². The van der Waals surface area contributed by atoms with E-state index in [2.05, 4.69) is 23.6 Å². The van der Waals surface area contributed by atoms with Crippen molar-refractivity contribution >= 4 is 18.3 Å². The van der Waals surface area contributed by atoms with Crippen LogP contribution in [-0.4, -0.2) is 31.1 Å². The third-order valence-electron chi connectivity index (χ3n) is 4.20. The lowest BCUT2D eigenvalue weighted by Crippen LogP contribution is -2.48. The molecule has 0 aromatic heterocycles. The van der Waals surface area contributed by atoms with Crippen LogP contribution < -0.4 is 10.6 Å². The van der Waals surface area contributed by atoms with Crippen LogP contribution in [0.1, 0.15) is 37.0 Å². The fourth-order valence-corrected chi connectivity index (χ4v) is 3.15. The highest BCUT2D eigenvalue weighted by Crippen LogP contribution is 2.27. The minimum Gasteiger partial charge on any atom is -0.363 e. The summed E-state index contributed by atoms with van der Waals surface area (Å²) in [4.78, 5) is 12.5. The minimum atomic E-state index is -0.440. The maximum absolute atomic E-state index is 12.5. The fourth-order valence-electron chi connectivity index (χ4n) is 3.15. The number of carbonyl (C=O) groups is 1. The summed E-state index contributed by atoms with van der Waals surface area (Å²) in [5.74, 6) is 0.0104. The van der Waals surface area contributed by atoms with Crippen molar-refractivity contribution < 1.29 is 9.53 Å². The molecule has 2 aliphatic heterocycles. The normalized spacial score (nSPS) is 28.1. The third-order valence-corrected chi connectivity index (χ3v) is 4.20. The standard InChI is InChI=1S/C16H22N2O2.ClH/c1-11-10-13(6-8-17-11)18-16(19)15-14-5-3-2-4-12(14)7-9-20-15;/h2-5,11,13,15,17H,6-10H2,1H3,(H,18,19);1H. The summed E-state index contributed by atoms with van der Waals surface area (Å²) >= 11 is 0. The highest BCUT2D eigenvalue weighted by molar-refractivity contribution is 5.85. The Morgan fingerprint density at radius 2 is 2.19 bits per heavy atom. The van der Waals surface area contributed by atoms with Gasteiger partial charge in [0.05, 0.1) is 6.61 Å². The molecular formula is C16H23ClN2O2. The molecule has 5 heteroatoms. The molecule has 3 unspecified atom stereocenters. The monoisotopic (exact) mass is 310 g/mol. The number of fused-ring (bicyclic) bond motifs is 1. The van der Waals surface area contributed by atoms with Gasteiger partial charge in [0, 0.05) is 12.1 Å². The zero-order valence-corrected chi connectivity index (χ0v) is 13.1.